The molecule has 0 unspecified atom stereocenters. The highest BCUT2D eigenvalue weighted by Crippen LogP contribution is 2.25. The summed E-state index contributed by atoms with van der Waals surface area (Å²) >= 11 is 11.0. The van der Waals surface area contributed by atoms with Crippen molar-refractivity contribution in [2.45, 2.75) is 6.92 Å². The summed E-state index contributed by atoms with van der Waals surface area (Å²) in [7, 11) is 0. The van der Waals surface area contributed by atoms with E-state index in [-0.39, 0.29) is 0 Å². The van der Waals surface area contributed by atoms with Crippen molar-refractivity contribution in [3.63, 3.8) is 0 Å². The Morgan fingerprint density at radius 1 is 1.33 bits per heavy atom. The van der Waals surface area contributed by atoms with E-state index < -0.39 is 0 Å². The first-order valence-electron chi connectivity index (χ1n) is 5.35. The average Bonchev–Trinajstić information content (AvgIpc) is 2.34. The lowest BCUT2D eigenvalue weighted by atomic mass is 10.2. The number of halogens is 1. The Balaban J connectivity index is 2.31. The van der Waals surface area contributed by atoms with Crippen LogP contribution in [0.2, 0.25) is 5.02 Å². The van der Waals surface area contributed by atoms with Gasteiger partial charge in [-0.2, -0.15) is 0 Å². The molecule has 2 rings (SSSR count). The Morgan fingerprint density at radius 2 is 2.11 bits per heavy atom. The first-order chi connectivity index (χ1) is 8.56. The number of benzene rings is 1. The van der Waals surface area contributed by atoms with Crippen LogP contribution in [0.15, 0.2) is 36.5 Å². The normalized spacial score (nSPS) is 10.1. The zero-order valence-electron chi connectivity index (χ0n) is 9.77. The topological polar surface area (TPSA) is 50.9 Å². The number of aryl methyl sites for hydroxylation is 1. The van der Waals surface area contributed by atoms with Gasteiger partial charge in [0.15, 0.2) is 0 Å². The maximum Gasteiger partial charge on any atom is 0.131 e. The number of nitrogens with zero attached hydrogens (tertiary/aromatic N) is 1. The van der Waals surface area contributed by atoms with Gasteiger partial charge in [0, 0.05) is 11.8 Å². The lowest BCUT2D eigenvalue weighted by Gasteiger charge is -2.09. The third kappa shape index (κ3) is 2.97. The highest BCUT2D eigenvalue weighted by Gasteiger charge is 2.03. The van der Waals surface area contributed by atoms with Crippen molar-refractivity contribution in [2.75, 3.05) is 5.32 Å². The predicted molar refractivity (Wildman–Crippen MR) is 79.6 cm³/mol. The Hall–Kier alpha value is -1.65. The number of pyridine rings is 1. The summed E-state index contributed by atoms with van der Waals surface area (Å²) in [4.78, 5) is 4.55. The standard InChI is InChI=1S/C13H12ClN3S/c1-8-2-3-10(14)11(6-8)17-12-7-9(13(15)18)4-5-16-12/h2-7H,1H3,(H2,15,18)(H,16,17). The number of hydrogen-bond donors (Lipinski definition) is 2. The third-order valence-corrected chi connectivity index (χ3v) is 2.99. The lowest BCUT2D eigenvalue weighted by molar-refractivity contribution is 1.30. The highest BCUT2D eigenvalue weighted by atomic mass is 35.5. The van der Waals surface area contributed by atoms with Gasteiger partial charge < -0.3 is 11.1 Å². The summed E-state index contributed by atoms with van der Waals surface area (Å²) in [5.74, 6) is 0.660. The van der Waals surface area contributed by atoms with E-state index in [0.717, 1.165) is 16.8 Å². The highest BCUT2D eigenvalue weighted by molar-refractivity contribution is 7.80. The molecule has 0 spiro atoms. The Kier molecular flexibility index (Phi) is 3.79. The quantitative estimate of drug-likeness (QED) is 0.844. The van der Waals surface area contributed by atoms with Gasteiger partial charge in [-0.3, -0.25) is 0 Å². The summed E-state index contributed by atoms with van der Waals surface area (Å²) in [6.07, 6.45) is 1.65. The van der Waals surface area contributed by atoms with Crippen molar-refractivity contribution >= 4 is 40.3 Å². The molecule has 0 radical (unpaired) electrons. The van der Waals surface area contributed by atoms with Crippen LogP contribution in [0.1, 0.15) is 11.1 Å². The summed E-state index contributed by atoms with van der Waals surface area (Å²) in [5.41, 5.74) is 8.28. The SMILES string of the molecule is Cc1ccc(Cl)c(Nc2cc(C(N)=S)ccn2)c1. The first kappa shape index (κ1) is 12.8. The summed E-state index contributed by atoms with van der Waals surface area (Å²) in [6, 6.07) is 9.31. The predicted octanol–water partition coefficient (Wildman–Crippen LogP) is 3.42. The number of nitrogens with one attached hydrogen (secondary N) is 1. The molecule has 0 aliphatic heterocycles. The summed E-state index contributed by atoms with van der Waals surface area (Å²) in [5, 5.41) is 3.79. The number of nitrogens with two attached hydrogens (primary N) is 1. The van der Waals surface area contributed by atoms with E-state index in [9.17, 15) is 0 Å². The van der Waals surface area contributed by atoms with Crippen molar-refractivity contribution in [3.8, 4) is 0 Å². The molecule has 3 nitrogen and oxygen atoms in total. The maximum atomic E-state index is 6.11. The van der Waals surface area contributed by atoms with Gasteiger partial charge in [0.05, 0.1) is 10.7 Å². The van der Waals surface area contributed by atoms with Gasteiger partial charge in [-0.15, -0.1) is 0 Å². The van der Waals surface area contributed by atoms with Crippen molar-refractivity contribution in [1.29, 1.82) is 0 Å². The molecule has 3 N–H and O–H groups in total. The lowest BCUT2D eigenvalue weighted by Crippen LogP contribution is -2.09. The van der Waals surface area contributed by atoms with Gasteiger partial charge in [-0.25, -0.2) is 4.98 Å². The van der Waals surface area contributed by atoms with Crippen LogP contribution in [0.3, 0.4) is 0 Å². The van der Waals surface area contributed by atoms with Crippen LogP contribution in [0.5, 0.6) is 0 Å². The van der Waals surface area contributed by atoms with E-state index >= 15 is 0 Å². The molecule has 0 amide bonds. The molecule has 1 aromatic carbocycles. The van der Waals surface area contributed by atoms with Gasteiger partial charge in [-0.1, -0.05) is 29.9 Å². The van der Waals surface area contributed by atoms with Gasteiger partial charge in [-0.05, 0) is 36.8 Å². The Bertz CT molecular complexity index is 599. The smallest absolute Gasteiger partial charge is 0.131 e. The molecule has 0 fully saturated rings. The van der Waals surface area contributed by atoms with E-state index in [2.05, 4.69) is 10.3 Å². The van der Waals surface area contributed by atoms with Gasteiger partial charge in [0.1, 0.15) is 10.8 Å². The van der Waals surface area contributed by atoms with Crippen molar-refractivity contribution < 1.29 is 0 Å². The number of rotatable bonds is 3. The van der Waals surface area contributed by atoms with Crippen LogP contribution in [0.4, 0.5) is 11.5 Å². The zero-order chi connectivity index (χ0) is 13.1. The maximum absolute atomic E-state index is 6.11. The molecule has 2 aromatic rings. The minimum atomic E-state index is 0.343. The molecule has 0 saturated heterocycles. The van der Waals surface area contributed by atoms with Crippen LogP contribution in [0.25, 0.3) is 0 Å². The molecular formula is C13H12ClN3S. The minimum absolute atomic E-state index is 0.343. The fraction of sp³-hybridized carbons (Fsp3) is 0.0769. The van der Waals surface area contributed by atoms with Crippen LogP contribution in [-0.4, -0.2) is 9.97 Å². The molecule has 1 heterocycles. The molecule has 0 atom stereocenters. The molecule has 92 valence electrons. The van der Waals surface area contributed by atoms with Crippen LogP contribution in [0, 0.1) is 6.92 Å². The first-order valence-corrected chi connectivity index (χ1v) is 6.14. The number of hydrogen-bond acceptors (Lipinski definition) is 3. The molecule has 1 aromatic heterocycles. The van der Waals surface area contributed by atoms with Crippen molar-refractivity contribution in [1.82, 2.24) is 4.98 Å². The Labute approximate surface area is 116 Å². The summed E-state index contributed by atoms with van der Waals surface area (Å²) in [6.45, 7) is 2.00. The fourth-order valence-electron chi connectivity index (χ4n) is 1.53. The minimum Gasteiger partial charge on any atom is -0.389 e. The molecule has 5 heteroatoms. The molecule has 0 aliphatic rings. The second kappa shape index (κ2) is 5.33. The zero-order valence-corrected chi connectivity index (χ0v) is 11.3. The van der Waals surface area contributed by atoms with E-state index in [1.807, 2.05) is 25.1 Å². The average molecular weight is 278 g/mol. The van der Waals surface area contributed by atoms with Crippen LogP contribution >= 0.6 is 23.8 Å². The molecular weight excluding hydrogens is 266 g/mol. The van der Waals surface area contributed by atoms with Crippen molar-refractivity contribution in [3.05, 3.63) is 52.7 Å². The van der Waals surface area contributed by atoms with E-state index in [1.54, 1.807) is 18.3 Å². The number of anilines is 2. The molecule has 18 heavy (non-hydrogen) atoms. The number of thiocarbonyl (C=S) groups is 1. The van der Waals surface area contributed by atoms with Crippen molar-refractivity contribution in [2.24, 2.45) is 5.73 Å². The molecule has 0 aliphatic carbocycles. The summed E-state index contributed by atoms with van der Waals surface area (Å²) < 4.78 is 0. The van der Waals surface area contributed by atoms with Gasteiger partial charge >= 0.3 is 0 Å². The number of aromatic nitrogens is 1. The van der Waals surface area contributed by atoms with Crippen LogP contribution < -0.4 is 11.1 Å². The molecule has 0 saturated carbocycles. The second-order valence-corrected chi connectivity index (χ2v) is 4.75. The van der Waals surface area contributed by atoms with Gasteiger partial charge in [0.25, 0.3) is 0 Å². The third-order valence-electron chi connectivity index (χ3n) is 2.43. The van der Waals surface area contributed by atoms with E-state index in [1.165, 1.54) is 0 Å². The van der Waals surface area contributed by atoms with Gasteiger partial charge in [0.2, 0.25) is 0 Å². The molecule has 0 bridgehead atoms. The van der Waals surface area contributed by atoms with Crippen LogP contribution in [-0.2, 0) is 0 Å². The fourth-order valence-corrected chi connectivity index (χ4v) is 1.82. The largest absolute Gasteiger partial charge is 0.389 e. The second-order valence-electron chi connectivity index (χ2n) is 3.90. The Morgan fingerprint density at radius 3 is 2.83 bits per heavy atom. The van der Waals surface area contributed by atoms with E-state index in [4.69, 9.17) is 29.6 Å². The monoisotopic (exact) mass is 277 g/mol. The van der Waals surface area contributed by atoms with E-state index in [0.29, 0.717) is 15.8 Å².